The molecule has 110 valence electrons. The third-order valence-corrected chi connectivity index (χ3v) is 4.45. The second-order valence-electron chi connectivity index (χ2n) is 5.59. The van der Waals surface area contributed by atoms with Gasteiger partial charge in [0.05, 0.1) is 5.69 Å². The summed E-state index contributed by atoms with van der Waals surface area (Å²) < 4.78 is 3.95. The van der Waals surface area contributed by atoms with E-state index < -0.39 is 0 Å². The summed E-state index contributed by atoms with van der Waals surface area (Å²) in [6, 6.07) is 5.74. The molecule has 21 heavy (non-hydrogen) atoms. The summed E-state index contributed by atoms with van der Waals surface area (Å²) in [4.78, 5) is 15.3. The predicted octanol–water partition coefficient (Wildman–Crippen LogP) is 2.84. The van der Waals surface area contributed by atoms with Gasteiger partial charge in [0.15, 0.2) is 0 Å². The third kappa shape index (κ3) is 2.51. The molecule has 2 N–H and O–H groups in total. The fourth-order valence-corrected chi connectivity index (χ4v) is 3.44. The van der Waals surface area contributed by atoms with Gasteiger partial charge in [-0.2, -0.15) is 0 Å². The van der Waals surface area contributed by atoms with Gasteiger partial charge in [0, 0.05) is 17.9 Å². The van der Waals surface area contributed by atoms with Gasteiger partial charge in [0.2, 0.25) is 0 Å². The van der Waals surface area contributed by atoms with E-state index in [1.165, 1.54) is 11.5 Å². The van der Waals surface area contributed by atoms with Crippen molar-refractivity contribution in [1.29, 1.82) is 0 Å². The van der Waals surface area contributed by atoms with Crippen LogP contribution in [0.25, 0.3) is 0 Å². The number of fused-ring (bicyclic) bond motifs is 1. The van der Waals surface area contributed by atoms with Crippen LogP contribution >= 0.6 is 11.5 Å². The monoisotopic (exact) mass is 302 g/mol. The zero-order valence-corrected chi connectivity index (χ0v) is 13.0. The molecular weight excluding hydrogens is 284 g/mol. The van der Waals surface area contributed by atoms with E-state index in [1.807, 2.05) is 36.9 Å². The van der Waals surface area contributed by atoms with Crippen molar-refractivity contribution < 1.29 is 4.79 Å². The van der Waals surface area contributed by atoms with E-state index in [-0.39, 0.29) is 11.8 Å². The van der Waals surface area contributed by atoms with E-state index in [0.717, 1.165) is 42.0 Å². The summed E-state index contributed by atoms with van der Waals surface area (Å²) in [6.45, 7) is 4.78. The number of carbonyl (C=O) groups excluding carboxylic acids is 1. The van der Waals surface area contributed by atoms with E-state index in [0.29, 0.717) is 4.88 Å². The zero-order chi connectivity index (χ0) is 15.0. The number of aryl methyl sites for hydroxylation is 1. The number of carbonyl (C=O) groups is 1. The van der Waals surface area contributed by atoms with Gasteiger partial charge in [-0.25, -0.2) is 0 Å². The molecule has 6 heteroatoms. The van der Waals surface area contributed by atoms with Crippen molar-refractivity contribution >= 4 is 28.8 Å². The van der Waals surface area contributed by atoms with Crippen LogP contribution in [0, 0.1) is 0 Å². The first-order valence-electron chi connectivity index (χ1n) is 7.10. The molecule has 1 aromatic carbocycles. The minimum atomic E-state index is -0.000536. The summed E-state index contributed by atoms with van der Waals surface area (Å²) >= 11 is 1.18. The van der Waals surface area contributed by atoms with E-state index >= 15 is 0 Å². The number of aromatic nitrogens is 2. The van der Waals surface area contributed by atoms with Crippen LogP contribution in [-0.2, 0) is 6.42 Å². The quantitative estimate of drug-likeness (QED) is 0.866. The van der Waals surface area contributed by atoms with Gasteiger partial charge in [0.25, 0.3) is 5.91 Å². The highest BCUT2D eigenvalue weighted by atomic mass is 32.1. The topological polar surface area (TPSA) is 72.1 Å². The van der Waals surface area contributed by atoms with Crippen LogP contribution in [0.5, 0.6) is 0 Å². The number of hydrogen-bond donors (Lipinski definition) is 1. The molecule has 1 amide bonds. The summed E-state index contributed by atoms with van der Waals surface area (Å²) in [5, 5.41) is 4.10. The first kappa shape index (κ1) is 14.0. The molecule has 0 saturated heterocycles. The second-order valence-corrected chi connectivity index (χ2v) is 6.34. The molecule has 2 heterocycles. The maximum absolute atomic E-state index is 12.9. The molecule has 0 aliphatic carbocycles. The molecule has 1 aliphatic rings. The molecule has 2 aromatic rings. The molecule has 5 nitrogen and oxygen atoms in total. The zero-order valence-electron chi connectivity index (χ0n) is 12.2. The molecule has 0 fully saturated rings. The molecule has 0 atom stereocenters. The van der Waals surface area contributed by atoms with Crippen LogP contribution in [0.15, 0.2) is 18.2 Å². The van der Waals surface area contributed by atoms with Crippen LogP contribution in [0.1, 0.15) is 47.1 Å². The number of rotatable bonds is 2. The highest BCUT2D eigenvalue weighted by Gasteiger charge is 2.28. The van der Waals surface area contributed by atoms with Crippen LogP contribution in [-0.4, -0.2) is 22.0 Å². The number of anilines is 2. The lowest BCUT2D eigenvalue weighted by molar-refractivity contribution is 0.0987. The van der Waals surface area contributed by atoms with Crippen LogP contribution < -0.4 is 10.6 Å². The van der Waals surface area contributed by atoms with Crippen LogP contribution in [0.2, 0.25) is 0 Å². The number of hydrogen-bond acceptors (Lipinski definition) is 5. The van der Waals surface area contributed by atoms with Gasteiger partial charge in [-0.15, -0.1) is 5.10 Å². The average Bonchev–Trinajstić information content (AvgIpc) is 2.95. The molecule has 0 spiro atoms. The predicted molar refractivity (Wildman–Crippen MR) is 84.8 cm³/mol. The highest BCUT2D eigenvalue weighted by molar-refractivity contribution is 7.08. The first-order valence-corrected chi connectivity index (χ1v) is 7.87. The largest absolute Gasteiger partial charge is 0.399 e. The minimum Gasteiger partial charge on any atom is -0.399 e. The Bertz CT molecular complexity index is 680. The molecule has 1 aromatic heterocycles. The molecule has 1 aliphatic heterocycles. The Morgan fingerprint density at radius 1 is 1.43 bits per heavy atom. The van der Waals surface area contributed by atoms with Crippen molar-refractivity contribution in [2.75, 3.05) is 17.2 Å². The molecule has 0 radical (unpaired) electrons. The van der Waals surface area contributed by atoms with E-state index in [2.05, 4.69) is 9.59 Å². The van der Waals surface area contributed by atoms with Crippen molar-refractivity contribution in [1.82, 2.24) is 9.59 Å². The highest BCUT2D eigenvalue weighted by Crippen LogP contribution is 2.31. The van der Waals surface area contributed by atoms with Crippen LogP contribution in [0.4, 0.5) is 11.4 Å². The summed E-state index contributed by atoms with van der Waals surface area (Å²) in [6.07, 6.45) is 1.91. The van der Waals surface area contributed by atoms with Gasteiger partial charge < -0.3 is 10.6 Å². The second kappa shape index (κ2) is 5.44. The number of nitrogens with zero attached hydrogens (tertiary/aromatic N) is 3. The normalized spacial score (nSPS) is 14.3. The van der Waals surface area contributed by atoms with Gasteiger partial charge in [-0.05, 0) is 54.1 Å². The Balaban J connectivity index is 1.98. The first-order chi connectivity index (χ1) is 10.1. The molecular formula is C15H18N4OS. The van der Waals surface area contributed by atoms with Crippen molar-refractivity contribution in [3.63, 3.8) is 0 Å². The van der Waals surface area contributed by atoms with Crippen molar-refractivity contribution in [2.45, 2.75) is 32.6 Å². The lowest BCUT2D eigenvalue weighted by Crippen LogP contribution is -2.35. The standard InChI is InChI=1S/C15H18N4OS/c1-9(2)13-14(21-18-17-13)15(20)19-7-3-4-10-8-11(16)5-6-12(10)19/h5-6,8-9H,3-4,7,16H2,1-2H3. The molecule has 3 rings (SSSR count). The smallest absolute Gasteiger partial charge is 0.271 e. The fraction of sp³-hybridized carbons (Fsp3) is 0.400. The van der Waals surface area contributed by atoms with Crippen molar-refractivity contribution in [2.24, 2.45) is 0 Å². The third-order valence-electron chi connectivity index (χ3n) is 3.72. The Labute approximate surface area is 127 Å². The Morgan fingerprint density at radius 2 is 2.24 bits per heavy atom. The SMILES string of the molecule is CC(C)c1nnsc1C(=O)N1CCCc2cc(N)ccc21. The number of benzene rings is 1. The van der Waals surface area contributed by atoms with Gasteiger partial charge in [-0.1, -0.05) is 18.3 Å². The number of nitrogen functional groups attached to an aromatic ring is 1. The Morgan fingerprint density at radius 3 is 3.00 bits per heavy atom. The molecule has 0 bridgehead atoms. The maximum atomic E-state index is 12.9. The lowest BCUT2D eigenvalue weighted by atomic mass is 10.0. The van der Waals surface area contributed by atoms with E-state index in [1.54, 1.807) is 0 Å². The summed E-state index contributed by atoms with van der Waals surface area (Å²) in [5.41, 5.74) is 9.47. The average molecular weight is 302 g/mol. The van der Waals surface area contributed by atoms with Crippen LogP contribution in [0.3, 0.4) is 0 Å². The Hall–Kier alpha value is -1.95. The fourth-order valence-electron chi connectivity index (χ4n) is 2.67. The minimum absolute atomic E-state index is 0.000536. The lowest BCUT2D eigenvalue weighted by Gasteiger charge is -2.29. The molecule has 0 saturated carbocycles. The summed E-state index contributed by atoms with van der Waals surface area (Å²) in [5.74, 6) is 0.192. The Kier molecular flexibility index (Phi) is 3.63. The van der Waals surface area contributed by atoms with E-state index in [9.17, 15) is 4.79 Å². The molecule has 0 unspecified atom stereocenters. The number of amides is 1. The number of nitrogens with two attached hydrogens (primary N) is 1. The summed E-state index contributed by atoms with van der Waals surface area (Å²) in [7, 11) is 0. The van der Waals surface area contributed by atoms with Gasteiger partial charge in [-0.3, -0.25) is 4.79 Å². The van der Waals surface area contributed by atoms with Gasteiger partial charge >= 0.3 is 0 Å². The van der Waals surface area contributed by atoms with Crippen molar-refractivity contribution in [3.8, 4) is 0 Å². The van der Waals surface area contributed by atoms with Crippen molar-refractivity contribution in [3.05, 3.63) is 34.3 Å². The van der Waals surface area contributed by atoms with E-state index in [4.69, 9.17) is 5.73 Å². The van der Waals surface area contributed by atoms with Gasteiger partial charge in [0.1, 0.15) is 4.88 Å². The maximum Gasteiger partial charge on any atom is 0.271 e.